The smallest absolute Gasteiger partial charge is 0.244 e. The van der Waals surface area contributed by atoms with Gasteiger partial charge in [-0.1, -0.05) is 5.57 Å². The molecule has 5 nitrogen and oxygen atoms in total. The van der Waals surface area contributed by atoms with E-state index in [1.165, 1.54) is 44.1 Å². The summed E-state index contributed by atoms with van der Waals surface area (Å²) in [5.74, 6) is 3.59. The minimum Gasteiger partial charge on any atom is -0.348 e. The minimum absolute atomic E-state index is 0.0917. The summed E-state index contributed by atoms with van der Waals surface area (Å²) in [6.07, 6.45) is 15.9. The molecule has 5 heteroatoms. The van der Waals surface area contributed by atoms with Gasteiger partial charge >= 0.3 is 0 Å². The number of nitrogens with one attached hydrogen (secondary N) is 1. The van der Waals surface area contributed by atoms with Crippen LogP contribution in [0.1, 0.15) is 58.3 Å². The van der Waals surface area contributed by atoms with E-state index in [1.54, 1.807) is 12.4 Å². The topological polar surface area (TPSA) is 58.1 Å². The molecule has 5 fully saturated rings. The molecule has 1 N–H and O–H groups in total. The minimum atomic E-state index is 0.0917. The van der Waals surface area contributed by atoms with Crippen LogP contribution in [0.2, 0.25) is 0 Å². The van der Waals surface area contributed by atoms with Crippen molar-refractivity contribution < 1.29 is 4.79 Å². The molecule has 0 unspecified atom stereocenters. The molecule has 4 bridgehead atoms. The molecular formula is C23H32N4O. The number of carbonyl (C=O) groups excluding carboxylic acids is 1. The quantitative estimate of drug-likeness (QED) is 0.809. The van der Waals surface area contributed by atoms with Crippen molar-refractivity contribution in [3.05, 3.63) is 30.1 Å². The molecule has 1 amide bonds. The van der Waals surface area contributed by atoms with E-state index < -0.39 is 0 Å². The summed E-state index contributed by atoms with van der Waals surface area (Å²) in [5, 5.41) is 3.27. The Morgan fingerprint density at radius 1 is 1.14 bits per heavy atom. The van der Waals surface area contributed by atoms with E-state index in [9.17, 15) is 4.79 Å². The summed E-state index contributed by atoms with van der Waals surface area (Å²) in [5.41, 5.74) is 1.66. The second-order valence-electron chi connectivity index (χ2n) is 9.87. The fraction of sp³-hybridized carbons (Fsp3) is 0.696. The van der Waals surface area contributed by atoms with Gasteiger partial charge in [-0.15, -0.1) is 0 Å². The van der Waals surface area contributed by atoms with Crippen molar-refractivity contribution >= 4 is 11.9 Å². The Bertz CT molecular complexity index is 724. The number of carbonyl (C=O) groups is 1. The van der Waals surface area contributed by atoms with E-state index >= 15 is 0 Å². The standard InChI is InChI=1S/C23H32N4O/c1-16(23-12-17-9-18(13-23)11-19(10-17)14-23)8-21(28)26-20-4-2-7-27(15-20)22-24-5-3-6-25-22/h3,5-6,8,17-20H,2,4,7,9-15H2,1H3,(H,26,28)/b16-8-/t17?,18?,19?,20-,23?/m0/s1. The van der Waals surface area contributed by atoms with Gasteiger partial charge in [0.2, 0.25) is 11.9 Å². The predicted octanol–water partition coefficient (Wildman–Crippen LogP) is 3.72. The van der Waals surface area contributed by atoms with Crippen molar-refractivity contribution in [3.63, 3.8) is 0 Å². The highest BCUT2D eigenvalue weighted by Gasteiger charge is 2.51. The summed E-state index contributed by atoms with van der Waals surface area (Å²) >= 11 is 0. The predicted molar refractivity (Wildman–Crippen MR) is 110 cm³/mol. The molecule has 0 aromatic carbocycles. The van der Waals surface area contributed by atoms with Crippen LogP contribution < -0.4 is 10.2 Å². The first kappa shape index (κ1) is 18.1. The monoisotopic (exact) mass is 380 g/mol. The zero-order valence-corrected chi connectivity index (χ0v) is 16.9. The molecule has 1 saturated heterocycles. The van der Waals surface area contributed by atoms with Crippen LogP contribution in [0.25, 0.3) is 0 Å². The Kier molecular flexibility index (Phi) is 4.64. The molecule has 2 heterocycles. The maximum absolute atomic E-state index is 12.8. The van der Waals surface area contributed by atoms with Crippen molar-refractivity contribution in [3.8, 4) is 0 Å². The van der Waals surface area contributed by atoms with Gasteiger partial charge in [0.15, 0.2) is 0 Å². The number of anilines is 1. The highest BCUT2D eigenvalue weighted by molar-refractivity contribution is 5.88. The number of amides is 1. The number of rotatable bonds is 4. The normalized spacial score (nSPS) is 37.2. The van der Waals surface area contributed by atoms with Crippen LogP contribution in [0, 0.1) is 23.2 Å². The van der Waals surface area contributed by atoms with E-state index in [0.717, 1.165) is 49.6 Å². The lowest BCUT2D eigenvalue weighted by Crippen LogP contribution is -2.48. The van der Waals surface area contributed by atoms with Gasteiger partial charge in [-0.3, -0.25) is 4.79 Å². The molecule has 1 aromatic rings. The number of aromatic nitrogens is 2. The van der Waals surface area contributed by atoms with E-state index in [0.29, 0.717) is 5.41 Å². The third-order valence-corrected chi connectivity index (χ3v) is 7.83. The first-order valence-electron chi connectivity index (χ1n) is 11.1. The molecule has 4 aliphatic carbocycles. The number of nitrogens with zero attached hydrogens (tertiary/aromatic N) is 3. The molecular weight excluding hydrogens is 348 g/mol. The van der Waals surface area contributed by atoms with Gasteiger partial charge in [-0.25, -0.2) is 9.97 Å². The van der Waals surface area contributed by atoms with Crippen LogP contribution in [0.4, 0.5) is 5.95 Å². The molecule has 0 radical (unpaired) electrons. The molecule has 0 spiro atoms. The Balaban J connectivity index is 1.23. The van der Waals surface area contributed by atoms with Gasteiger partial charge in [0.1, 0.15) is 0 Å². The number of allylic oxidation sites excluding steroid dienone is 1. The van der Waals surface area contributed by atoms with Gasteiger partial charge in [-0.05, 0) is 87.5 Å². The van der Waals surface area contributed by atoms with E-state index in [1.807, 2.05) is 12.1 Å². The summed E-state index contributed by atoms with van der Waals surface area (Å²) in [6, 6.07) is 2.01. The van der Waals surface area contributed by atoms with Crippen LogP contribution in [0.15, 0.2) is 30.1 Å². The van der Waals surface area contributed by atoms with Crippen molar-refractivity contribution in [2.75, 3.05) is 18.0 Å². The van der Waals surface area contributed by atoms with Crippen molar-refractivity contribution in [1.29, 1.82) is 0 Å². The van der Waals surface area contributed by atoms with E-state index in [-0.39, 0.29) is 11.9 Å². The van der Waals surface area contributed by atoms with Crippen LogP contribution in [-0.2, 0) is 4.79 Å². The van der Waals surface area contributed by atoms with Crippen molar-refractivity contribution in [2.45, 2.75) is 64.3 Å². The molecule has 150 valence electrons. The van der Waals surface area contributed by atoms with E-state index in [4.69, 9.17) is 0 Å². The number of piperidine rings is 1. The van der Waals surface area contributed by atoms with Crippen LogP contribution >= 0.6 is 0 Å². The van der Waals surface area contributed by atoms with E-state index in [2.05, 4.69) is 27.1 Å². The average Bonchev–Trinajstić information content (AvgIpc) is 2.68. The maximum Gasteiger partial charge on any atom is 0.244 e. The molecule has 28 heavy (non-hydrogen) atoms. The summed E-state index contributed by atoms with van der Waals surface area (Å²) in [6.45, 7) is 3.97. The van der Waals surface area contributed by atoms with Crippen LogP contribution in [0.5, 0.6) is 0 Å². The van der Waals surface area contributed by atoms with Crippen LogP contribution in [-0.4, -0.2) is 35.0 Å². The lowest BCUT2D eigenvalue weighted by molar-refractivity contribution is -0.117. The Labute approximate surface area is 168 Å². The number of hydrogen-bond donors (Lipinski definition) is 1. The molecule has 1 atom stereocenters. The lowest BCUT2D eigenvalue weighted by atomic mass is 9.48. The second kappa shape index (κ2) is 7.16. The highest BCUT2D eigenvalue weighted by Crippen LogP contribution is 2.62. The first-order chi connectivity index (χ1) is 13.6. The van der Waals surface area contributed by atoms with Gasteiger partial charge in [0, 0.05) is 37.6 Å². The molecule has 1 aromatic heterocycles. The fourth-order valence-electron chi connectivity index (χ4n) is 6.92. The van der Waals surface area contributed by atoms with Gasteiger partial charge in [0.25, 0.3) is 0 Å². The Morgan fingerprint density at radius 3 is 2.43 bits per heavy atom. The summed E-state index contributed by atoms with van der Waals surface area (Å²) in [7, 11) is 0. The maximum atomic E-state index is 12.8. The largest absolute Gasteiger partial charge is 0.348 e. The third kappa shape index (κ3) is 3.44. The molecule has 4 saturated carbocycles. The Morgan fingerprint density at radius 2 is 1.79 bits per heavy atom. The second-order valence-corrected chi connectivity index (χ2v) is 9.87. The van der Waals surface area contributed by atoms with Crippen LogP contribution in [0.3, 0.4) is 0 Å². The molecule has 6 rings (SSSR count). The number of hydrogen-bond acceptors (Lipinski definition) is 4. The van der Waals surface area contributed by atoms with Gasteiger partial charge in [-0.2, -0.15) is 0 Å². The zero-order valence-electron chi connectivity index (χ0n) is 16.9. The SMILES string of the molecule is C/C(=C/C(=O)N[C@H]1CCCN(c2ncccn2)C1)C12CC3CC(CC(C3)C1)C2. The molecule has 5 aliphatic rings. The summed E-state index contributed by atoms with van der Waals surface area (Å²) < 4.78 is 0. The summed E-state index contributed by atoms with van der Waals surface area (Å²) in [4.78, 5) is 23.7. The third-order valence-electron chi connectivity index (χ3n) is 7.83. The van der Waals surface area contributed by atoms with Crippen molar-refractivity contribution in [1.82, 2.24) is 15.3 Å². The lowest BCUT2D eigenvalue weighted by Gasteiger charge is -2.57. The fourth-order valence-corrected chi connectivity index (χ4v) is 6.92. The Hall–Kier alpha value is -1.91. The van der Waals surface area contributed by atoms with Gasteiger partial charge < -0.3 is 10.2 Å². The van der Waals surface area contributed by atoms with Crippen molar-refractivity contribution in [2.24, 2.45) is 23.2 Å². The molecule has 1 aliphatic heterocycles. The first-order valence-corrected chi connectivity index (χ1v) is 11.1. The highest BCUT2D eigenvalue weighted by atomic mass is 16.1. The zero-order chi connectivity index (χ0) is 19.1. The van der Waals surface area contributed by atoms with Gasteiger partial charge in [0.05, 0.1) is 0 Å². The average molecular weight is 381 g/mol.